The lowest BCUT2D eigenvalue weighted by Gasteiger charge is -2.35. The molecule has 136 valence electrons. The molecule has 2 amide bonds. The molecule has 0 aromatic carbocycles. The quantitative estimate of drug-likeness (QED) is 0.816. The summed E-state index contributed by atoms with van der Waals surface area (Å²) in [5.74, 6) is -0.235. The number of likely N-dealkylation sites (tertiary alicyclic amines) is 1. The van der Waals surface area contributed by atoms with E-state index in [2.05, 4.69) is 4.98 Å². The summed E-state index contributed by atoms with van der Waals surface area (Å²) in [5.41, 5.74) is 1.83. The van der Waals surface area contributed by atoms with Gasteiger partial charge in [-0.3, -0.25) is 14.6 Å². The van der Waals surface area contributed by atoms with Gasteiger partial charge >= 0.3 is 0 Å². The van der Waals surface area contributed by atoms with Gasteiger partial charge in [-0.15, -0.1) is 11.3 Å². The lowest BCUT2D eigenvalue weighted by Crippen LogP contribution is -2.45. The van der Waals surface area contributed by atoms with Gasteiger partial charge in [-0.25, -0.2) is 0 Å². The van der Waals surface area contributed by atoms with E-state index in [1.54, 1.807) is 11.1 Å². The third-order valence-electron chi connectivity index (χ3n) is 5.26. The molecule has 0 radical (unpaired) electrons. The molecule has 6 heteroatoms. The van der Waals surface area contributed by atoms with Crippen molar-refractivity contribution in [3.05, 3.63) is 52.0 Å². The molecule has 0 saturated carbocycles. The highest BCUT2D eigenvalue weighted by atomic mass is 32.1. The van der Waals surface area contributed by atoms with E-state index < -0.39 is 0 Å². The SMILES string of the molecule is O=C(c1cccs1)N1Cc2cccnc2C(C(=O)N2CCCCCC2)C1. The summed E-state index contributed by atoms with van der Waals surface area (Å²) in [7, 11) is 0. The van der Waals surface area contributed by atoms with Crippen molar-refractivity contribution in [3.8, 4) is 0 Å². The topological polar surface area (TPSA) is 53.5 Å². The van der Waals surface area contributed by atoms with E-state index in [1.807, 2.05) is 34.5 Å². The van der Waals surface area contributed by atoms with Gasteiger partial charge in [0.15, 0.2) is 0 Å². The minimum absolute atomic E-state index is 0.00293. The van der Waals surface area contributed by atoms with E-state index in [4.69, 9.17) is 0 Å². The van der Waals surface area contributed by atoms with Crippen LogP contribution < -0.4 is 0 Å². The first-order valence-electron chi connectivity index (χ1n) is 9.29. The number of amides is 2. The Hall–Kier alpha value is -2.21. The van der Waals surface area contributed by atoms with Crippen LogP contribution in [0, 0.1) is 0 Å². The molecule has 4 heterocycles. The maximum Gasteiger partial charge on any atom is 0.264 e. The third kappa shape index (κ3) is 3.38. The van der Waals surface area contributed by atoms with Crippen LogP contribution >= 0.6 is 11.3 Å². The summed E-state index contributed by atoms with van der Waals surface area (Å²) in [6.45, 7) is 2.56. The summed E-state index contributed by atoms with van der Waals surface area (Å²) >= 11 is 1.44. The molecule has 0 aliphatic carbocycles. The minimum atomic E-state index is -0.359. The van der Waals surface area contributed by atoms with Crippen LogP contribution in [0.15, 0.2) is 35.8 Å². The second-order valence-electron chi connectivity index (χ2n) is 7.00. The summed E-state index contributed by atoms with van der Waals surface area (Å²) in [6, 6.07) is 7.60. The Balaban J connectivity index is 1.62. The number of nitrogens with zero attached hydrogens (tertiary/aromatic N) is 3. The molecule has 2 aromatic heterocycles. The minimum Gasteiger partial charge on any atom is -0.342 e. The third-order valence-corrected chi connectivity index (χ3v) is 6.11. The van der Waals surface area contributed by atoms with Crippen LogP contribution in [0.2, 0.25) is 0 Å². The van der Waals surface area contributed by atoms with Gasteiger partial charge < -0.3 is 9.80 Å². The Bertz CT molecular complexity index is 782. The largest absolute Gasteiger partial charge is 0.342 e. The van der Waals surface area contributed by atoms with E-state index >= 15 is 0 Å². The summed E-state index contributed by atoms with van der Waals surface area (Å²) in [5, 5.41) is 1.91. The molecule has 2 aromatic rings. The molecular formula is C20H23N3O2S. The molecule has 0 N–H and O–H groups in total. The van der Waals surface area contributed by atoms with Crippen molar-refractivity contribution in [1.82, 2.24) is 14.8 Å². The Morgan fingerprint density at radius 3 is 2.58 bits per heavy atom. The fourth-order valence-electron chi connectivity index (χ4n) is 3.89. The first-order valence-corrected chi connectivity index (χ1v) is 10.2. The molecule has 2 aliphatic rings. The predicted octanol–water partition coefficient (Wildman–Crippen LogP) is 3.29. The second kappa shape index (κ2) is 7.58. The van der Waals surface area contributed by atoms with Crippen molar-refractivity contribution in [2.75, 3.05) is 19.6 Å². The van der Waals surface area contributed by atoms with Crippen molar-refractivity contribution < 1.29 is 9.59 Å². The highest BCUT2D eigenvalue weighted by Gasteiger charge is 2.36. The zero-order valence-corrected chi connectivity index (χ0v) is 15.6. The standard InChI is InChI=1S/C20H23N3O2S/c24-19(22-10-3-1-2-4-11-22)16-14-23(20(25)17-8-6-12-26-17)13-15-7-5-9-21-18(15)16/h5-9,12,16H,1-4,10-11,13-14H2. The molecule has 5 nitrogen and oxygen atoms in total. The Morgan fingerprint density at radius 1 is 1.04 bits per heavy atom. The molecule has 1 saturated heterocycles. The first-order chi connectivity index (χ1) is 12.7. The highest BCUT2D eigenvalue weighted by Crippen LogP contribution is 2.30. The zero-order valence-electron chi connectivity index (χ0n) is 14.8. The van der Waals surface area contributed by atoms with Gasteiger partial charge in [0.25, 0.3) is 5.91 Å². The molecule has 0 spiro atoms. The second-order valence-corrected chi connectivity index (χ2v) is 7.95. The molecular weight excluding hydrogens is 346 g/mol. The van der Waals surface area contributed by atoms with Crippen molar-refractivity contribution in [1.29, 1.82) is 0 Å². The van der Waals surface area contributed by atoms with Crippen LogP contribution in [0.1, 0.15) is 52.5 Å². The summed E-state index contributed by atoms with van der Waals surface area (Å²) < 4.78 is 0. The Labute approximate surface area is 157 Å². The van der Waals surface area contributed by atoms with Gasteiger partial charge in [-0.2, -0.15) is 0 Å². The Kier molecular flexibility index (Phi) is 5.02. The van der Waals surface area contributed by atoms with Gasteiger partial charge in [0.2, 0.25) is 5.91 Å². The maximum atomic E-state index is 13.3. The average Bonchev–Trinajstić information content (AvgIpc) is 3.08. The van der Waals surface area contributed by atoms with E-state index in [-0.39, 0.29) is 17.7 Å². The lowest BCUT2D eigenvalue weighted by molar-refractivity contribution is -0.133. The molecule has 26 heavy (non-hydrogen) atoms. The number of hydrogen-bond acceptors (Lipinski definition) is 4. The summed E-state index contributed by atoms with van der Waals surface area (Å²) in [6.07, 6.45) is 6.24. The van der Waals surface area contributed by atoms with Crippen molar-refractivity contribution >= 4 is 23.2 Å². The van der Waals surface area contributed by atoms with Crippen LogP contribution in [0.4, 0.5) is 0 Å². The average molecular weight is 369 g/mol. The number of fused-ring (bicyclic) bond motifs is 1. The van der Waals surface area contributed by atoms with Gasteiger partial charge in [0.05, 0.1) is 16.5 Å². The fourth-order valence-corrected chi connectivity index (χ4v) is 4.58. The normalized spacial score (nSPS) is 20.4. The maximum absolute atomic E-state index is 13.3. The van der Waals surface area contributed by atoms with Gasteiger partial charge in [-0.1, -0.05) is 25.0 Å². The number of pyridine rings is 1. The van der Waals surface area contributed by atoms with Gasteiger partial charge in [-0.05, 0) is 35.9 Å². The highest BCUT2D eigenvalue weighted by molar-refractivity contribution is 7.12. The monoisotopic (exact) mass is 369 g/mol. The van der Waals surface area contributed by atoms with Crippen molar-refractivity contribution in [2.24, 2.45) is 0 Å². The van der Waals surface area contributed by atoms with Crippen LogP contribution in [0.5, 0.6) is 0 Å². The molecule has 2 aliphatic heterocycles. The number of hydrogen-bond donors (Lipinski definition) is 0. The van der Waals surface area contributed by atoms with E-state index in [0.29, 0.717) is 13.1 Å². The molecule has 0 bridgehead atoms. The van der Waals surface area contributed by atoms with Crippen LogP contribution in [-0.4, -0.2) is 46.2 Å². The molecule has 1 unspecified atom stereocenters. The van der Waals surface area contributed by atoms with Crippen LogP contribution in [0.3, 0.4) is 0 Å². The number of rotatable bonds is 2. The van der Waals surface area contributed by atoms with Crippen molar-refractivity contribution in [3.63, 3.8) is 0 Å². The van der Waals surface area contributed by atoms with E-state index in [0.717, 1.165) is 42.1 Å². The van der Waals surface area contributed by atoms with Crippen LogP contribution in [0.25, 0.3) is 0 Å². The zero-order chi connectivity index (χ0) is 17.9. The number of thiophene rings is 1. The van der Waals surface area contributed by atoms with Crippen LogP contribution in [-0.2, 0) is 11.3 Å². The number of carbonyl (C=O) groups is 2. The number of aromatic nitrogens is 1. The Morgan fingerprint density at radius 2 is 1.85 bits per heavy atom. The summed E-state index contributed by atoms with van der Waals surface area (Å²) in [4.78, 5) is 35.2. The van der Waals surface area contributed by atoms with Gasteiger partial charge in [0, 0.05) is 32.4 Å². The smallest absolute Gasteiger partial charge is 0.264 e. The van der Waals surface area contributed by atoms with Gasteiger partial charge in [0.1, 0.15) is 0 Å². The van der Waals surface area contributed by atoms with E-state index in [1.165, 1.54) is 24.2 Å². The van der Waals surface area contributed by atoms with Crippen molar-refractivity contribution in [2.45, 2.75) is 38.1 Å². The molecule has 1 atom stereocenters. The predicted molar refractivity (Wildman–Crippen MR) is 101 cm³/mol. The number of carbonyl (C=O) groups excluding carboxylic acids is 2. The fraction of sp³-hybridized carbons (Fsp3) is 0.450. The molecule has 1 fully saturated rings. The first kappa shape index (κ1) is 17.2. The molecule has 4 rings (SSSR count). The lowest BCUT2D eigenvalue weighted by atomic mass is 9.93. The van der Waals surface area contributed by atoms with E-state index in [9.17, 15) is 9.59 Å².